The molecule has 1 aromatic carbocycles. The SMILES string of the molecule is CCn1c2c(c3ccccc31)CCCC2(CC)CCN=C=O. The Bertz CT molecular complexity index is 691. The van der Waals surface area contributed by atoms with Crippen LogP contribution < -0.4 is 0 Å². The minimum Gasteiger partial charge on any atom is -0.344 e. The van der Waals surface area contributed by atoms with Gasteiger partial charge in [-0.2, -0.15) is 0 Å². The number of aryl methyl sites for hydroxylation is 2. The van der Waals surface area contributed by atoms with Gasteiger partial charge >= 0.3 is 0 Å². The molecule has 22 heavy (non-hydrogen) atoms. The van der Waals surface area contributed by atoms with Gasteiger partial charge in [-0.05, 0) is 50.7 Å². The molecule has 1 heterocycles. The Kier molecular flexibility index (Phi) is 4.17. The number of fused-ring (bicyclic) bond motifs is 3. The van der Waals surface area contributed by atoms with E-state index in [9.17, 15) is 4.79 Å². The molecular weight excluding hydrogens is 272 g/mol. The largest absolute Gasteiger partial charge is 0.344 e. The van der Waals surface area contributed by atoms with Crippen LogP contribution in [-0.2, 0) is 23.2 Å². The molecule has 1 aliphatic rings. The van der Waals surface area contributed by atoms with Gasteiger partial charge in [0.25, 0.3) is 0 Å². The summed E-state index contributed by atoms with van der Waals surface area (Å²) in [6.45, 7) is 6.08. The van der Waals surface area contributed by atoms with Crippen LogP contribution in [-0.4, -0.2) is 17.2 Å². The maximum Gasteiger partial charge on any atom is 0.234 e. The highest BCUT2D eigenvalue weighted by atomic mass is 16.1. The lowest BCUT2D eigenvalue weighted by atomic mass is 9.69. The molecule has 2 aromatic rings. The highest BCUT2D eigenvalue weighted by Crippen LogP contribution is 2.46. The van der Waals surface area contributed by atoms with Crippen molar-refractivity contribution in [1.29, 1.82) is 0 Å². The second-order valence-corrected chi connectivity index (χ2v) is 6.30. The van der Waals surface area contributed by atoms with Crippen molar-refractivity contribution < 1.29 is 4.79 Å². The van der Waals surface area contributed by atoms with Gasteiger partial charge < -0.3 is 4.57 Å². The maximum absolute atomic E-state index is 10.5. The molecule has 1 atom stereocenters. The summed E-state index contributed by atoms with van der Waals surface area (Å²) in [5.41, 5.74) is 4.54. The lowest BCUT2D eigenvalue weighted by Gasteiger charge is -2.38. The van der Waals surface area contributed by atoms with Gasteiger partial charge in [0.1, 0.15) is 0 Å². The quantitative estimate of drug-likeness (QED) is 0.596. The average Bonchev–Trinajstić information content (AvgIpc) is 2.90. The summed E-state index contributed by atoms with van der Waals surface area (Å²) >= 11 is 0. The average molecular weight is 296 g/mol. The van der Waals surface area contributed by atoms with Crippen molar-refractivity contribution in [3.63, 3.8) is 0 Å². The van der Waals surface area contributed by atoms with Crippen molar-refractivity contribution in [1.82, 2.24) is 4.57 Å². The second kappa shape index (κ2) is 6.10. The third-order valence-electron chi connectivity index (χ3n) is 5.42. The van der Waals surface area contributed by atoms with Gasteiger partial charge in [0.05, 0.1) is 6.54 Å². The number of hydrogen-bond donors (Lipinski definition) is 0. The van der Waals surface area contributed by atoms with Crippen LogP contribution in [0.15, 0.2) is 29.3 Å². The molecule has 0 spiro atoms. The van der Waals surface area contributed by atoms with Gasteiger partial charge in [-0.25, -0.2) is 9.79 Å². The zero-order valence-corrected chi connectivity index (χ0v) is 13.6. The molecule has 0 amide bonds. The molecule has 0 radical (unpaired) electrons. The second-order valence-electron chi connectivity index (χ2n) is 6.30. The third kappa shape index (κ3) is 2.21. The molecule has 0 fully saturated rings. The van der Waals surface area contributed by atoms with Crippen LogP contribution in [0.2, 0.25) is 0 Å². The first-order valence-electron chi connectivity index (χ1n) is 8.41. The number of para-hydroxylation sites is 1. The molecule has 3 heteroatoms. The van der Waals surface area contributed by atoms with Crippen LogP contribution in [0.25, 0.3) is 10.9 Å². The van der Waals surface area contributed by atoms with Gasteiger partial charge in [-0.3, -0.25) is 0 Å². The predicted octanol–water partition coefficient (Wildman–Crippen LogP) is 4.37. The van der Waals surface area contributed by atoms with Gasteiger partial charge in [0.2, 0.25) is 6.08 Å². The standard InChI is InChI=1S/C19H24N2O/c1-3-19(12-13-20-14-22)11-7-9-16-15-8-5-6-10-17(15)21(4-2)18(16)19/h5-6,8,10H,3-4,7,9,11-13H2,1-2H3. The molecule has 0 bridgehead atoms. The predicted molar refractivity (Wildman–Crippen MR) is 90.1 cm³/mol. The number of hydrogen-bond acceptors (Lipinski definition) is 2. The van der Waals surface area contributed by atoms with E-state index in [1.165, 1.54) is 41.4 Å². The monoisotopic (exact) mass is 296 g/mol. The lowest BCUT2D eigenvalue weighted by molar-refractivity contribution is 0.308. The summed E-state index contributed by atoms with van der Waals surface area (Å²) in [6.07, 6.45) is 7.33. The zero-order valence-electron chi connectivity index (χ0n) is 13.6. The molecule has 1 aromatic heterocycles. The fourth-order valence-corrected chi connectivity index (χ4v) is 4.36. The summed E-state index contributed by atoms with van der Waals surface area (Å²) in [5, 5.41) is 1.41. The fraction of sp³-hybridized carbons (Fsp3) is 0.526. The number of aromatic nitrogens is 1. The van der Waals surface area contributed by atoms with E-state index >= 15 is 0 Å². The van der Waals surface area contributed by atoms with Crippen molar-refractivity contribution in [3.8, 4) is 0 Å². The van der Waals surface area contributed by atoms with Crippen molar-refractivity contribution in [3.05, 3.63) is 35.5 Å². The molecule has 1 unspecified atom stereocenters. The van der Waals surface area contributed by atoms with Crippen LogP contribution >= 0.6 is 0 Å². The van der Waals surface area contributed by atoms with Gasteiger partial charge in [-0.1, -0.05) is 25.1 Å². The molecular formula is C19H24N2O. The van der Waals surface area contributed by atoms with E-state index in [1.54, 1.807) is 6.08 Å². The van der Waals surface area contributed by atoms with E-state index in [0.29, 0.717) is 6.54 Å². The third-order valence-corrected chi connectivity index (χ3v) is 5.42. The smallest absolute Gasteiger partial charge is 0.234 e. The lowest BCUT2D eigenvalue weighted by Crippen LogP contribution is -2.33. The van der Waals surface area contributed by atoms with Gasteiger partial charge in [-0.15, -0.1) is 0 Å². The topological polar surface area (TPSA) is 34.4 Å². The Balaban J connectivity index is 2.21. The van der Waals surface area contributed by atoms with Crippen LogP contribution in [0.5, 0.6) is 0 Å². The van der Waals surface area contributed by atoms with Crippen molar-refractivity contribution in [2.24, 2.45) is 4.99 Å². The van der Waals surface area contributed by atoms with Gasteiger partial charge in [0.15, 0.2) is 0 Å². The van der Waals surface area contributed by atoms with E-state index < -0.39 is 0 Å². The highest BCUT2D eigenvalue weighted by Gasteiger charge is 2.38. The number of benzene rings is 1. The maximum atomic E-state index is 10.5. The Morgan fingerprint density at radius 3 is 2.86 bits per heavy atom. The van der Waals surface area contributed by atoms with E-state index in [2.05, 4.69) is 47.7 Å². The van der Waals surface area contributed by atoms with E-state index in [-0.39, 0.29) is 5.41 Å². The first-order valence-corrected chi connectivity index (χ1v) is 8.41. The Hall–Kier alpha value is -1.86. The molecule has 0 saturated heterocycles. The minimum atomic E-state index is 0.156. The summed E-state index contributed by atoms with van der Waals surface area (Å²) in [5.74, 6) is 0. The van der Waals surface area contributed by atoms with Crippen molar-refractivity contribution in [2.75, 3.05) is 6.54 Å². The minimum absolute atomic E-state index is 0.156. The molecule has 3 rings (SSSR count). The zero-order chi connectivity index (χ0) is 15.6. The molecule has 0 N–H and O–H groups in total. The summed E-state index contributed by atoms with van der Waals surface area (Å²) < 4.78 is 2.50. The number of aliphatic imine (C=N–C) groups is 1. The molecule has 0 saturated carbocycles. The van der Waals surface area contributed by atoms with E-state index in [4.69, 9.17) is 0 Å². The molecule has 3 nitrogen and oxygen atoms in total. The Morgan fingerprint density at radius 1 is 1.32 bits per heavy atom. The number of rotatable bonds is 5. The van der Waals surface area contributed by atoms with Crippen molar-refractivity contribution >= 4 is 17.0 Å². The van der Waals surface area contributed by atoms with Crippen LogP contribution in [0.4, 0.5) is 0 Å². The summed E-state index contributed by atoms with van der Waals surface area (Å²) in [6, 6.07) is 8.77. The van der Waals surface area contributed by atoms with E-state index in [1.807, 2.05) is 0 Å². The first kappa shape index (κ1) is 15.1. The molecule has 0 aliphatic heterocycles. The molecule has 116 valence electrons. The first-order chi connectivity index (χ1) is 10.8. The molecule has 1 aliphatic carbocycles. The Morgan fingerprint density at radius 2 is 2.14 bits per heavy atom. The summed E-state index contributed by atoms with van der Waals surface area (Å²) in [7, 11) is 0. The van der Waals surface area contributed by atoms with Crippen LogP contribution in [0.3, 0.4) is 0 Å². The number of carbonyl (C=O) groups excluding carboxylic acids is 1. The fourth-order valence-electron chi connectivity index (χ4n) is 4.36. The van der Waals surface area contributed by atoms with Crippen LogP contribution in [0, 0.1) is 0 Å². The summed E-state index contributed by atoms with van der Waals surface area (Å²) in [4.78, 5) is 14.3. The van der Waals surface area contributed by atoms with E-state index in [0.717, 1.165) is 19.4 Å². The normalized spacial score (nSPS) is 20.6. The highest BCUT2D eigenvalue weighted by molar-refractivity contribution is 5.86. The van der Waals surface area contributed by atoms with Gasteiger partial charge in [0, 0.05) is 28.6 Å². The Labute approximate surface area is 132 Å². The van der Waals surface area contributed by atoms with Crippen molar-refractivity contribution in [2.45, 2.75) is 57.9 Å². The van der Waals surface area contributed by atoms with Crippen LogP contribution in [0.1, 0.15) is 50.8 Å². The number of nitrogens with zero attached hydrogens (tertiary/aromatic N) is 2. The number of isocyanates is 1.